The summed E-state index contributed by atoms with van der Waals surface area (Å²) >= 11 is 6.04. The van der Waals surface area contributed by atoms with E-state index in [9.17, 15) is 9.59 Å². The minimum Gasteiger partial charge on any atom is -0.495 e. The minimum atomic E-state index is -1.19. The molecule has 0 radical (unpaired) electrons. The van der Waals surface area contributed by atoms with Gasteiger partial charge in [0.05, 0.1) is 23.2 Å². The molecule has 2 aromatic rings. The van der Waals surface area contributed by atoms with Crippen molar-refractivity contribution in [3.8, 4) is 5.75 Å². The van der Waals surface area contributed by atoms with Gasteiger partial charge >= 0.3 is 5.97 Å². The number of halogens is 1. The zero-order chi connectivity index (χ0) is 13.4. The predicted molar refractivity (Wildman–Crippen MR) is 66.8 cm³/mol. The molecule has 0 saturated carbocycles. The number of ether oxygens (including phenoxy) is 1. The van der Waals surface area contributed by atoms with Crippen LogP contribution in [-0.2, 0) is 7.05 Å². The van der Waals surface area contributed by atoms with Crippen LogP contribution in [-0.4, -0.2) is 29.0 Å². The van der Waals surface area contributed by atoms with Crippen molar-refractivity contribution in [2.75, 3.05) is 7.11 Å². The molecule has 1 aromatic carbocycles. The number of carboxylic acids is 1. The molecule has 0 unspecified atom stereocenters. The highest BCUT2D eigenvalue weighted by Crippen LogP contribution is 2.36. The van der Waals surface area contributed by atoms with Crippen molar-refractivity contribution < 1.29 is 19.4 Å². The van der Waals surface area contributed by atoms with Gasteiger partial charge in [-0.25, -0.2) is 4.79 Å². The number of benzene rings is 1. The van der Waals surface area contributed by atoms with Crippen LogP contribution in [0.4, 0.5) is 0 Å². The van der Waals surface area contributed by atoms with E-state index in [1.54, 1.807) is 19.2 Å². The van der Waals surface area contributed by atoms with Crippen LogP contribution in [0.3, 0.4) is 0 Å². The number of carbonyl (C=O) groups is 2. The molecule has 2 rings (SSSR count). The number of rotatable bonds is 3. The molecule has 6 heteroatoms. The molecular formula is C12H10ClNO4. The van der Waals surface area contributed by atoms with Crippen molar-refractivity contribution in [3.63, 3.8) is 0 Å². The number of carboxylic acid groups (broad SMARTS) is 1. The predicted octanol–water partition coefficient (Wildman–Crippen LogP) is 2.35. The van der Waals surface area contributed by atoms with Gasteiger partial charge in [-0.2, -0.15) is 0 Å². The quantitative estimate of drug-likeness (QED) is 0.867. The summed E-state index contributed by atoms with van der Waals surface area (Å²) < 4.78 is 6.56. The lowest BCUT2D eigenvalue weighted by molar-refractivity contribution is 0.0684. The Morgan fingerprint density at radius 2 is 2.17 bits per heavy atom. The first kappa shape index (κ1) is 12.4. The average Bonchev–Trinajstić information content (AvgIpc) is 2.64. The van der Waals surface area contributed by atoms with Crippen LogP contribution in [0.25, 0.3) is 10.9 Å². The Labute approximate surface area is 108 Å². The molecule has 1 aromatic heterocycles. The van der Waals surface area contributed by atoms with E-state index >= 15 is 0 Å². The lowest BCUT2D eigenvalue weighted by atomic mass is 10.1. The van der Waals surface area contributed by atoms with Gasteiger partial charge in [-0.05, 0) is 12.1 Å². The van der Waals surface area contributed by atoms with E-state index in [1.807, 2.05) is 0 Å². The number of aromatic nitrogens is 1. The second-order valence-electron chi connectivity index (χ2n) is 3.72. The van der Waals surface area contributed by atoms with Crippen molar-refractivity contribution in [1.29, 1.82) is 0 Å². The summed E-state index contributed by atoms with van der Waals surface area (Å²) in [6.07, 6.45) is 0.497. The first-order valence-electron chi connectivity index (χ1n) is 5.06. The molecule has 0 aliphatic heterocycles. The summed E-state index contributed by atoms with van der Waals surface area (Å²) in [6, 6.07) is 3.20. The highest BCUT2D eigenvalue weighted by molar-refractivity contribution is 6.37. The van der Waals surface area contributed by atoms with Gasteiger partial charge in [0, 0.05) is 12.4 Å². The third kappa shape index (κ3) is 1.55. The molecule has 0 atom stereocenters. The molecule has 0 spiro atoms. The van der Waals surface area contributed by atoms with Gasteiger partial charge in [0.25, 0.3) is 0 Å². The molecule has 0 amide bonds. The Bertz CT molecular complexity index is 660. The highest BCUT2D eigenvalue weighted by Gasteiger charge is 2.24. The first-order valence-corrected chi connectivity index (χ1v) is 5.44. The number of methoxy groups -OCH3 is 1. The number of hydrogen-bond acceptors (Lipinski definition) is 3. The van der Waals surface area contributed by atoms with E-state index in [2.05, 4.69) is 0 Å². The molecule has 18 heavy (non-hydrogen) atoms. The third-order valence-electron chi connectivity index (χ3n) is 2.83. The van der Waals surface area contributed by atoms with Gasteiger partial charge < -0.3 is 14.4 Å². The maximum absolute atomic E-state index is 11.2. The average molecular weight is 268 g/mol. The van der Waals surface area contributed by atoms with E-state index in [4.69, 9.17) is 21.4 Å². The Morgan fingerprint density at radius 3 is 2.67 bits per heavy atom. The summed E-state index contributed by atoms with van der Waals surface area (Å²) in [4.78, 5) is 22.4. The van der Waals surface area contributed by atoms with Gasteiger partial charge in [-0.1, -0.05) is 11.6 Å². The normalized spacial score (nSPS) is 10.6. The number of fused-ring (bicyclic) bond motifs is 1. The molecule has 1 N–H and O–H groups in total. The van der Waals surface area contributed by atoms with Crippen molar-refractivity contribution in [3.05, 3.63) is 28.4 Å². The van der Waals surface area contributed by atoms with Crippen LogP contribution >= 0.6 is 11.6 Å². The fourth-order valence-electron chi connectivity index (χ4n) is 2.09. The van der Waals surface area contributed by atoms with Gasteiger partial charge in [0.2, 0.25) is 0 Å². The van der Waals surface area contributed by atoms with E-state index in [0.717, 1.165) is 0 Å². The molecule has 0 aliphatic carbocycles. The topological polar surface area (TPSA) is 68.5 Å². The van der Waals surface area contributed by atoms with Crippen molar-refractivity contribution in [1.82, 2.24) is 4.57 Å². The van der Waals surface area contributed by atoms with Crippen molar-refractivity contribution in [2.45, 2.75) is 0 Å². The Morgan fingerprint density at radius 1 is 1.50 bits per heavy atom. The monoisotopic (exact) mass is 267 g/mol. The Hall–Kier alpha value is -2.01. The van der Waals surface area contributed by atoms with Crippen LogP contribution in [0, 0.1) is 0 Å². The lowest BCUT2D eigenvalue weighted by Crippen LogP contribution is -2.07. The lowest BCUT2D eigenvalue weighted by Gasteiger charge is -2.06. The number of carbonyl (C=O) groups excluding carboxylic acids is 1. The van der Waals surface area contributed by atoms with Crippen molar-refractivity contribution in [2.24, 2.45) is 7.05 Å². The Kier molecular flexibility index (Phi) is 3.00. The summed E-state index contributed by atoms with van der Waals surface area (Å²) in [5.74, 6) is -0.721. The van der Waals surface area contributed by atoms with Crippen LogP contribution in [0.5, 0.6) is 5.75 Å². The summed E-state index contributed by atoms with van der Waals surface area (Å²) in [6.45, 7) is 0. The summed E-state index contributed by atoms with van der Waals surface area (Å²) in [7, 11) is 3.02. The summed E-state index contributed by atoms with van der Waals surface area (Å²) in [5, 5.41) is 9.88. The summed E-state index contributed by atoms with van der Waals surface area (Å²) in [5.41, 5.74) is 0.444. The maximum atomic E-state index is 11.2. The van der Waals surface area contributed by atoms with Crippen LogP contribution in [0.2, 0.25) is 5.02 Å². The van der Waals surface area contributed by atoms with Crippen LogP contribution < -0.4 is 4.74 Å². The first-order chi connectivity index (χ1) is 8.52. The minimum absolute atomic E-state index is 0.0592. The van der Waals surface area contributed by atoms with Gasteiger partial charge in [-0.15, -0.1) is 0 Å². The van der Waals surface area contributed by atoms with Crippen LogP contribution in [0.15, 0.2) is 12.1 Å². The smallest absolute Gasteiger partial charge is 0.353 e. The van der Waals surface area contributed by atoms with Gasteiger partial charge in [0.15, 0.2) is 6.29 Å². The number of hydrogen-bond donors (Lipinski definition) is 1. The molecule has 0 fully saturated rings. The highest BCUT2D eigenvalue weighted by atomic mass is 35.5. The molecule has 5 nitrogen and oxygen atoms in total. The zero-order valence-corrected chi connectivity index (χ0v) is 10.5. The van der Waals surface area contributed by atoms with E-state index < -0.39 is 5.97 Å². The molecule has 0 aliphatic rings. The standard InChI is InChI=1S/C12H10ClNO4/c1-14-10(12(16)17)6(5-15)9-7(13)3-4-8(18-2)11(9)14/h3-5H,1-2H3,(H,16,17). The van der Waals surface area contributed by atoms with E-state index in [-0.39, 0.29) is 11.3 Å². The number of aldehydes is 1. The molecule has 1 heterocycles. The second kappa shape index (κ2) is 4.34. The number of nitrogens with zero attached hydrogens (tertiary/aromatic N) is 1. The molecule has 0 saturated heterocycles. The molecule has 0 bridgehead atoms. The molecular weight excluding hydrogens is 258 g/mol. The number of aromatic carboxylic acids is 1. The third-order valence-corrected chi connectivity index (χ3v) is 3.14. The van der Waals surface area contributed by atoms with E-state index in [0.29, 0.717) is 28.0 Å². The van der Waals surface area contributed by atoms with Gasteiger partial charge in [0.1, 0.15) is 11.4 Å². The fourth-order valence-corrected chi connectivity index (χ4v) is 2.34. The SMILES string of the molecule is COc1ccc(Cl)c2c(C=O)c(C(=O)O)n(C)c12. The van der Waals surface area contributed by atoms with Crippen LogP contribution in [0.1, 0.15) is 20.8 Å². The second-order valence-corrected chi connectivity index (χ2v) is 4.12. The number of aryl methyl sites for hydroxylation is 1. The largest absolute Gasteiger partial charge is 0.495 e. The fraction of sp³-hybridized carbons (Fsp3) is 0.167. The van der Waals surface area contributed by atoms with E-state index in [1.165, 1.54) is 11.7 Å². The Balaban J connectivity index is 3.06. The zero-order valence-electron chi connectivity index (χ0n) is 9.73. The maximum Gasteiger partial charge on any atom is 0.353 e. The van der Waals surface area contributed by atoms with Gasteiger partial charge in [-0.3, -0.25) is 4.79 Å². The molecule has 94 valence electrons. The van der Waals surface area contributed by atoms with Crippen molar-refractivity contribution >= 4 is 34.8 Å².